The lowest BCUT2D eigenvalue weighted by Gasteiger charge is -2.08. The van der Waals surface area contributed by atoms with E-state index in [1.165, 1.54) is 25.8 Å². The van der Waals surface area contributed by atoms with Gasteiger partial charge in [0.25, 0.3) is 5.56 Å². The molecular weight excluding hydrogens is 180 g/mol. The summed E-state index contributed by atoms with van der Waals surface area (Å²) in [5, 5.41) is 2.88. The van der Waals surface area contributed by atoms with Crippen LogP contribution in [-0.2, 0) is 0 Å². The fourth-order valence-corrected chi connectivity index (χ4v) is 2.02. The van der Waals surface area contributed by atoms with Gasteiger partial charge in [-0.1, -0.05) is 12.8 Å². The van der Waals surface area contributed by atoms with Crippen LogP contribution in [-0.4, -0.2) is 15.6 Å². The molecule has 1 aromatic rings. The van der Waals surface area contributed by atoms with E-state index in [-0.39, 0.29) is 17.4 Å². The summed E-state index contributed by atoms with van der Waals surface area (Å²) >= 11 is 0. The largest absolute Gasteiger partial charge is 0.293 e. The molecule has 1 N–H and O–H groups in total. The van der Waals surface area contributed by atoms with E-state index in [9.17, 15) is 9.59 Å². The van der Waals surface area contributed by atoms with Gasteiger partial charge in [0, 0.05) is 13.0 Å². The summed E-state index contributed by atoms with van der Waals surface area (Å²) in [5.41, 5.74) is 0.337. The Morgan fingerprint density at radius 3 is 2.64 bits per heavy atom. The van der Waals surface area contributed by atoms with Gasteiger partial charge in [-0.15, -0.1) is 0 Å². The Morgan fingerprint density at radius 2 is 2.14 bits per heavy atom. The number of aromatic amines is 1. The molecule has 1 saturated carbocycles. The van der Waals surface area contributed by atoms with Crippen molar-refractivity contribution in [2.24, 2.45) is 0 Å². The van der Waals surface area contributed by atoms with Crippen LogP contribution in [0.1, 0.15) is 49.1 Å². The van der Waals surface area contributed by atoms with Gasteiger partial charge in [0.2, 0.25) is 0 Å². The molecule has 0 bridgehead atoms. The lowest BCUT2D eigenvalue weighted by Crippen LogP contribution is -2.19. The van der Waals surface area contributed by atoms with Gasteiger partial charge in [-0.2, -0.15) is 0 Å². The Labute approximate surface area is 81.9 Å². The van der Waals surface area contributed by atoms with Crippen molar-refractivity contribution in [1.82, 2.24) is 9.78 Å². The first kappa shape index (κ1) is 9.24. The first-order valence-electron chi connectivity index (χ1n) is 5.01. The number of Topliss-reactive ketones (excluding diaryl/α,β-unsaturated/α-hetero) is 1. The van der Waals surface area contributed by atoms with Crippen LogP contribution in [0.3, 0.4) is 0 Å². The van der Waals surface area contributed by atoms with E-state index in [1.807, 2.05) is 0 Å². The number of hydrogen-bond donors (Lipinski definition) is 1. The third kappa shape index (κ3) is 1.52. The number of carbonyl (C=O) groups is 1. The molecule has 1 aromatic heterocycles. The van der Waals surface area contributed by atoms with Crippen LogP contribution >= 0.6 is 0 Å². The van der Waals surface area contributed by atoms with Crippen LogP contribution in [0.15, 0.2) is 10.9 Å². The highest BCUT2D eigenvalue weighted by Crippen LogP contribution is 2.27. The van der Waals surface area contributed by atoms with Crippen LogP contribution in [0.2, 0.25) is 0 Å². The molecule has 4 heteroatoms. The number of nitrogens with one attached hydrogen (secondary N) is 1. The van der Waals surface area contributed by atoms with Gasteiger partial charge < -0.3 is 0 Å². The molecule has 0 aliphatic heterocycles. The van der Waals surface area contributed by atoms with Gasteiger partial charge in [-0.3, -0.25) is 14.7 Å². The second-order valence-corrected chi connectivity index (χ2v) is 3.87. The second kappa shape index (κ2) is 3.44. The zero-order valence-corrected chi connectivity index (χ0v) is 8.25. The molecule has 4 nitrogen and oxygen atoms in total. The number of hydrogen-bond acceptors (Lipinski definition) is 2. The standard InChI is InChI=1S/C10H14N2O2/c1-7(13)9-6-10(14)12(11-9)8-4-2-3-5-8/h6,8,11H,2-5H2,1H3. The molecule has 0 atom stereocenters. The third-order valence-corrected chi connectivity index (χ3v) is 2.82. The minimum Gasteiger partial charge on any atom is -0.293 e. The summed E-state index contributed by atoms with van der Waals surface area (Å²) in [7, 11) is 0. The van der Waals surface area contributed by atoms with Crippen LogP contribution in [0.5, 0.6) is 0 Å². The van der Waals surface area contributed by atoms with Crippen molar-refractivity contribution in [3.63, 3.8) is 0 Å². The fourth-order valence-electron chi connectivity index (χ4n) is 2.02. The molecule has 0 unspecified atom stereocenters. The van der Waals surface area contributed by atoms with Crippen molar-refractivity contribution in [3.8, 4) is 0 Å². The summed E-state index contributed by atoms with van der Waals surface area (Å²) in [6.07, 6.45) is 4.42. The molecule has 0 spiro atoms. The Balaban J connectivity index is 2.33. The second-order valence-electron chi connectivity index (χ2n) is 3.87. The molecule has 76 valence electrons. The van der Waals surface area contributed by atoms with Crippen molar-refractivity contribution in [2.45, 2.75) is 38.6 Å². The monoisotopic (exact) mass is 194 g/mol. The number of nitrogens with zero attached hydrogens (tertiary/aromatic N) is 1. The molecule has 1 heterocycles. The summed E-state index contributed by atoms with van der Waals surface area (Å²) in [4.78, 5) is 22.6. The molecule has 0 amide bonds. The highest BCUT2D eigenvalue weighted by Gasteiger charge is 2.19. The van der Waals surface area contributed by atoms with Gasteiger partial charge in [0.1, 0.15) is 5.69 Å². The summed E-state index contributed by atoms with van der Waals surface area (Å²) in [6.45, 7) is 1.46. The van der Waals surface area contributed by atoms with Crippen molar-refractivity contribution < 1.29 is 4.79 Å². The van der Waals surface area contributed by atoms with Gasteiger partial charge in [-0.25, -0.2) is 4.68 Å². The number of rotatable bonds is 2. The SMILES string of the molecule is CC(=O)c1cc(=O)n(C2CCCC2)[nH]1. The predicted molar refractivity (Wildman–Crippen MR) is 52.6 cm³/mol. The van der Waals surface area contributed by atoms with Crippen molar-refractivity contribution in [2.75, 3.05) is 0 Å². The van der Waals surface area contributed by atoms with Gasteiger partial charge in [0.15, 0.2) is 5.78 Å². The lowest BCUT2D eigenvalue weighted by atomic mass is 10.3. The first-order chi connectivity index (χ1) is 6.68. The summed E-state index contributed by atoms with van der Waals surface area (Å²) < 4.78 is 1.60. The average Bonchev–Trinajstić information content (AvgIpc) is 2.71. The number of carbonyl (C=O) groups excluding carboxylic acids is 1. The number of ketones is 1. The minimum absolute atomic E-state index is 0.0814. The molecule has 1 fully saturated rings. The first-order valence-corrected chi connectivity index (χ1v) is 5.01. The topological polar surface area (TPSA) is 54.9 Å². The van der Waals surface area contributed by atoms with Gasteiger partial charge in [0.05, 0.1) is 6.04 Å². The smallest absolute Gasteiger partial charge is 0.267 e. The molecule has 1 aliphatic rings. The third-order valence-electron chi connectivity index (χ3n) is 2.82. The van der Waals surface area contributed by atoms with E-state index in [1.54, 1.807) is 4.68 Å². The van der Waals surface area contributed by atoms with Crippen LogP contribution in [0.4, 0.5) is 0 Å². The average molecular weight is 194 g/mol. The normalized spacial score (nSPS) is 17.5. The number of aromatic nitrogens is 2. The Hall–Kier alpha value is -1.32. The van der Waals surface area contributed by atoms with Crippen LogP contribution in [0.25, 0.3) is 0 Å². The number of H-pyrrole nitrogens is 1. The lowest BCUT2D eigenvalue weighted by molar-refractivity contribution is 0.101. The van der Waals surface area contributed by atoms with E-state index in [4.69, 9.17) is 0 Å². The molecule has 14 heavy (non-hydrogen) atoms. The highest BCUT2D eigenvalue weighted by atomic mass is 16.1. The maximum atomic E-state index is 11.5. The maximum Gasteiger partial charge on any atom is 0.267 e. The Morgan fingerprint density at radius 1 is 1.50 bits per heavy atom. The van der Waals surface area contributed by atoms with Crippen molar-refractivity contribution in [3.05, 3.63) is 22.1 Å². The molecule has 0 saturated heterocycles. The summed E-state index contributed by atoms with van der Waals surface area (Å²) in [5.74, 6) is -0.0844. The highest BCUT2D eigenvalue weighted by molar-refractivity contribution is 5.91. The van der Waals surface area contributed by atoms with E-state index >= 15 is 0 Å². The summed E-state index contributed by atoms with van der Waals surface area (Å²) in [6, 6.07) is 1.66. The Kier molecular flexibility index (Phi) is 2.27. The van der Waals surface area contributed by atoms with E-state index in [0.29, 0.717) is 5.69 Å². The van der Waals surface area contributed by atoms with Gasteiger partial charge >= 0.3 is 0 Å². The predicted octanol–water partition coefficient (Wildman–Crippen LogP) is 1.49. The van der Waals surface area contributed by atoms with Crippen LogP contribution in [0, 0.1) is 0 Å². The van der Waals surface area contributed by atoms with Gasteiger partial charge in [-0.05, 0) is 12.8 Å². The molecule has 1 aliphatic carbocycles. The van der Waals surface area contributed by atoms with Crippen molar-refractivity contribution in [1.29, 1.82) is 0 Å². The molecule has 0 aromatic carbocycles. The van der Waals surface area contributed by atoms with Crippen LogP contribution < -0.4 is 5.56 Å². The minimum atomic E-state index is -0.0844. The van der Waals surface area contributed by atoms with Crippen molar-refractivity contribution >= 4 is 5.78 Å². The Bertz CT molecular complexity index is 396. The quantitative estimate of drug-likeness (QED) is 0.725. The maximum absolute atomic E-state index is 11.5. The van der Waals surface area contributed by atoms with E-state index < -0.39 is 0 Å². The molecule has 2 rings (SSSR count). The zero-order valence-electron chi connectivity index (χ0n) is 8.25. The zero-order chi connectivity index (χ0) is 10.1. The fraction of sp³-hybridized carbons (Fsp3) is 0.600. The molecule has 0 radical (unpaired) electrons. The van der Waals surface area contributed by atoms with E-state index in [0.717, 1.165) is 12.8 Å². The van der Waals surface area contributed by atoms with E-state index in [2.05, 4.69) is 5.10 Å². The molecular formula is C10H14N2O2.